The van der Waals surface area contributed by atoms with Crippen LogP contribution in [0.2, 0.25) is 5.28 Å². The van der Waals surface area contributed by atoms with Crippen LogP contribution in [0.25, 0.3) is 0 Å². The fourth-order valence-corrected chi connectivity index (χ4v) is 2.69. The summed E-state index contributed by atoms with van der Waals surface area (Å²) < 4.78 is 5.33. The van der Waals surface area contributed by atoms with E-state index in [1.807, 2.05) is 0 Å². The summed E-state index contributed by atoms with van der Waals surface area (Å²) in [5.41, 5.74) is 0. The Kier molecular flexibility index (Phi) is 4.18. The molecule has 0 amide bonds. The van der Waals surface area contributed by atoms with Crippen molar-refractivity contribution in [2.45, 2.75) is 6.42 Å². The van der Waals surface area contributed by atoms with Gasteiger partial charge in [-0.3, -0.25) is 0 Å². The van der Waals surface area contributed by atoms with E-state index in [9.17, 15) is 5.11 Å². The number of aliphatic hydroxyl groups excluding tert-OH is 1. The van der Waals surface area contributed by atoms with E-state index in [0.29, 0.717) is 25.1 Å². The minimum absolute atomic E-state index is 0.200. The maximum atomic E-state index is 9.22. The zero-order valence-electron chi connectivity index (χ0n) is 11.2. The highest BCUT2D eigenvalue weighted by molar-refractivity contribution is 6.28. The number of anilines is 2. The summed E-state index contributed by atoms with van der Waals surface area (Å²) in [6.45, 7) is 4.68. The Labute approximate surface area is 122 Å². The van der Waals surface area contributed by atoms with Crippen LogP contribution in [0.5, 0.6) is 0 Å². The smallest absolute Gasteiger partial charge is 0.231 e. The standard InChI is InChI=1S/C12H18ClN5O2/c13-10-14-11(17-3-5-20-6-4-17)16-12(15-10)18-2-1-9(7-18)8-19/h9,19H,1-8H2. The highest BCUT2D eigenvalue weighted by atomic mass is 35.5. The molecule has 2 aliphatic heterocycles. The van der Waals surface area contributed by atoms with Crippen LogP contribution in [0.4, 0.5) is 11.9 Å². The molecular weight excluding hydrogens is 282 g/mol. The number of aliphatic hydroxyl groups is 1. The largest absolute Gasteiger partial charge is 0.396 e. The summed E-state index contributed by atoms with van der Waals surface area (Å²) in [7, 11) is 0. The Hall–Kier alpha value is -1.18. The van der Waals surface area contributed by atoms with E-state index in [0.717, 1.165) is 32.6 Å². The Bertz CT molecular complexity index is 469. The predicted octanol–water partition coefficient (Wildman–Crippen LogP) is 0.180. The molecule has 1 N–H and O–H groups in total. The fourth-order valence-electron chi connectivity index (χ4n) is 2.54. The molecule has 2 saturated heterocycles. The molecule has 110 valence electrons. The van der Waals surface area contributed by atoms with Crippen molar-refractivity contribution in [3.63, 3.8) is 0 Å². The van der Waals surface area contributed by atoms with E-state index in [-0.39, 0.29) is 17.8 Å². The molecule has 2 fully saturated rings. The molecule has 20 heavy (non-hydrogen) atoms. The molecule has 3 heterocycles. The molecule has 8 heteroatoms. The molecule has 0 saturated carbocycles. The molecule has 0 radical (unpaired) electrons. The lowest BCUT2D eigenvalue weighted by Crippen LogP contribution is -2.38. The zero-order valence-corrected chi connectivity index (χ0v) is 12.0. The summed E-state index contributed by atoms with van der Waals surface area (Å²) in [6, 6.07) is 0. The third-order valence-electron chi connectivity index (χ3n) is 3.71. The van der Waals surface area contributed by atoms with Crippen molar-refractivity contribution in [2.24, 2.45) is 5.92 Å². The quantitative estimate of drug-likeness (QED) is 0.853. The molecule has 0 spiro atoms. The van der Waals surface area contributed by atoms with E-state index in [1.54, 1.807) is 0 Å². The van der Waals surface area contributed by atoms with Gasteiger partial charge in [0.1, 0.15) is 0 Å². The number of ether oxygens (including phenoxy) is 1. The fraction of sp³-hybridized carbons (Fsp3) is 0.750. The van der Waals surface area contributed by atoms with E-state index in [4.69, 9.17) is 16.3 Å². The Morgan fingerprint density at radius 2 is 1.80 bits per heavy atom. The first-order valence-electron chi connectivity index (χ1n) is 6.86. The molecule has 1 atom stereocenters. The molecule has 3 rings (SSSR count). The van der Waals surface area contributed by atoms with Gasteiger partial charge < -0.3 is 19.6 Å². The van der Waals surface area contributed by atoms with Crippen LogP contribution in [0.15, 0.2) is 0 Å². The summed E-state index contributed by atoms with van der Waals surface area (Å²) in [5, 5.41) is 9.43. The predicted molar refractivity (Wildman–Crippen MR) is 75.3 cm³/mol. The number of morpholine rings is 1. The number of rotatable bonds is 3. The third-order valence-corrected chi connectivity index (χ3v) is 3.87. The lowest BCUT2D eigenvalue weighted by Gasteiger charge is -2.27. The number of hydrogen-bond acceptors (Lipinski definition) is 7. The maximum Gasteiger partial charge on any atom is 0.231 e. The van der Waals surface area contributed by atoms with Gasteiger partial charge in [0, 0.05) is 38.7 Å². The molecule has 2 aliphatic rings. The summed E-state index contributed by atoms with van der Waals surface area (Å²) in [5.74, 6) is 1.50. The van der Waals surface area contributed by atoms with Gasteiger partial charge in [-0.1, -0.05) is 0 Å². The first-order chi connectivity index (χ1) is 9.76. The summed E-state index contributed by atoms with van der Waals surface area (Å²) in [4.78, 5) is 17.0. The number of halogens is 1. The maximum absolute atomic E-state index is 9.22. The summed E-state index contributed by atoms with van der Waals surface area (Å²) in [6.07, 6.45) is 0.951. The van der Waals surface area contributed by atoms with E-state index >= 15 is 0 Å². The van der Waals surface area contributed by atoms with E-state index < -0.39 is 0 Å². The Balaban J connectivity index is 1.79. The van der Waals surface area contributed by atoms with Crippen molar-refractivity contribution in [2.75, 3.05) is 55.8 Å². The van der Waals surface area contributed by atoms with Crippen LogP contribution in [-0.2, 0) is 4.74 Å². The molecule has 0 aromatic carbocycles. The molecule has 1 aromatic rings. The van der Waals surface area contributed by atoms with Crippen molar-refractivity contribution in [3.05, 3.63) is 5.28 Å². The topological polar surface area (TPSA) is 74.6 Å². The van der Waals surface area contributed by atoms with Gasteiger partial charge in [0.05, 0.1) is 13.2 Å². The van der Waals surface area contributed by atoms with Gasteiger partial charge in [-0.2, -0.15) is 15.0 Å². The van der Waals surface area contributed by atoms with Gasteiger partial charge >= 0.3 is 0 Å². The van der Waals surface area contributed by atoms with Gasteiger partial charge in [0.2, 0.25) is 17.2 Å². The van der Waals surface area contributed by atoms with Crippen molar-refractivity contribution < 1.29 is 9.84 Å². The van der Waals surface area contributed by atoms with E-state index in [1.165, 1.54) is 0 Å². The average Bonchev–Trinajstić information content (AvgIpc) is 2.96. The SMILES string of the molecule is OCC1CCN(c2nc(Cl)nc(N3CCOCC3)n2)C1. The monoisotopic (exact) mass is 299 g/mol. The van der Waals surface area contributed by atoms with Gasteiger partial charge in [0.15, 0.2) is 0 Å². The van der Waals surface area contributed by atoms with Crippen LogP contribution in [0, 0.1) is 5.92 Å². The molecule has 0 aliphatic carbocycles. The summed E-state index contributed by atoms with van der Waals surface area (Å²) >= 11 is 6.02. The zero-order chi connectivity index (χ0) is 13.9. The van der Waals surface area contributed by atoms with Crippen molar-refractivity contribution in [3.8, 4) is 0 Å². The second-order valence-electron chi connectivity index (χ2n) is 5.09. The first kappa shape index (κ1) is 13.8. The van der Waals surface area contributed by atoms with Crippen LogP contribution >= 0.6 is 11.6 Å². The van der Waals surface area contributed by atoms with Gasteiger partial charge in [-0.25, -0.2) is 0 Å². The highest BCUT2D eigenvalue weighted by Crippen LogP contribution is 2.23. The second-order valence-corrected chi connectivity index (χ2v) is 5.43. The average molecular weight is 300 g/mol. The van der Waals surface area contributed by atoms with Crippen molar-refractivity contribution in [1.82, 2.24) is 15.0 Å². The van der Waals surface area contributed by atoms with Crippen LogP contribution in [-0.4, -0.2) is 66.1 Å². The number of nitrogens with zero attached hydrogens (tertiary/aromatic N) is 5. The molecule has 7 nitrogen and oxygen atoms in total. The molecular formula is C12H18ClN5O2. The van der Waals surface area contributed by atoms with Crippen LogP contribution in [0.3, 0.4) is 0 Å². The lowest BCUT2D eigenvalue weighted by molar-refractivity contribution is 0.122. The Morgan fingerprint density at radius 1 is 1.10 bits per heavy atom. The van der Waals surface area contributed by atoms with Gasteiger partial charge in [-0.15, -0.1) is 0 Å². The minimum atomic E-state index is 0.200. The normalized spacial score (nSPS) is 23.4. The lowest BCUT2D eigenvalue weighted by atomic mass is 10.1. The highest BCUT2D eigenvalue weighted by Gasteiger charge is 2.25. The molecule has 1 aromatic heterocycles. The third kappa shape index (κ3) is 2.94. The van der Waals surface area contributed by atoms with Crippen molar-refractivity contribution in [1.29, 1.82) is 0 Å². The number of aromatic nitrogens is 3. The van der Waals surface area contributed by atoms with Crippen molar-refractivity contribution >= 4 is 23.5 Å². The first-order valence-corrected chi connectivity index (χ1v) is 7.24. The van der Waals surface area contributed by atoms with Crippen LogP contribution in [0.1, 0.15) is 6.42 Å². The minimum Gasteiger partial charge on any atom is -0.396 e. The van der Waals surface area contributed by atoms with Gasteiger partial charge in [-0.05, 0) is 18.0 Å². The second kappa shape index (κ2) is 6.07. The van der Waals surface area contributed by atoms with E-state index in [2.05, 4.69) is 24.8 Å². The molecule has 0 bridgehead atoms. The van der Waals surface area contributed by atoms with Crippen LogP contribution < -0.4 is 9.80 Å². The number of hydrogen-bond donors (Lipinski definition) is 1. The molecule has 1 unspecified atom stereocenters. The Morgan fingerprint density at radius 3 is 2.45 bits per heavy atom. The van der Waals surface area contributed by atoms with Gasteiger partial charge in [0.25, 0.3) is 0 Å².